The topological polar surface area (TPSA) is 58.2 Å². The molecule has 0 fully saturated rings. The first kappa shape index (κ1) is 17.5. The lowest BCUT2D eigenvalue weighted by Crippen LogP contribution is -2.31. The number of benzene rings is 2. The normalized spacial score (nSPS) is 10.5. The Bertz CT molecular complexity index is 742. The van der Waals surface area contributed by atoms with Gasteiger partial charge < -0.3 is 10.6 Å². The van der Waals surface area contributed by atoms with Crippen LogP contribution in [0.3, 0.4) is 0 Å². The summed E-state index contributed by atoms with van der Waals surface area (Å²) >= 11 is 2.23. The van der Waals surface area contributed by atoms with Crippen LogP contribution in [0, 0.1) is 10.5 Å². The molecule has 0 saturated heterocycles. The third-order valence-electron chi connectivity index (χ3n) is 3.26. The van der Waals surface area contributed by atoms with Gasteiger partial charge in [-0.1, -0.05) is 12.1 Å². The van der Waals surface area contributed by atoms with Crippen LogP contribution in [0.1, 0.15) is 40.1 Å². The van der Waals surface area contributed by atoms with Gasteiger partial charge in [0.1, 0.15) is 0 Å². The van der Waals surface area contributed by atoms with Crippen molar-refractivity contribution in [2.24, 2.45) is 0 Å². The molecule has 120 valence electrons. The molecule has 2 rings (SSSR count). The molecular formula is C18H19IN2O2. The lowest BCUT2D eigenvalue weighted by atomic mass is 10.1. The highest BCUT2D eigenvalue weighted by atomic mass is 127. The molecule has 2 amide bonds. The van der Waals surface area contributed by atoms with E-state index in [0.717, 1.165) is 9.13 Å². The first-order chi connectivity index (χ1) is 10.9. The average molecular weight is 422 g/mol. The number of hydrogen-bond acceptors (Lipinski definition) is 2. The number of carbonyl (C=O) groups is 2. The molecule has 4 nitrogen and oxygen atoms in total. The summed E-state index contributed by atoms with van der Waals surface area (Å²) in [5.74, 6) is -0.427. The van der Waals surface area contributed by atoms with Crippen molar-refractivity contribution in [1.29, 1.82) is 0 Å². The molecule has 2 aromatic rings. The Morgan fingerprint density at radius 1 is 1.04 bits per heavy atom. The molecule has 0 bridgehead atoms. The minimum Gasteiger partial charge on any atom is -0.350 e. The predicted molar refractivity (Wildman–Crippen MR) is 101 cm³/mol. The van der Waals surface area contributed by atoms with E-state index < -0.39 is 0 Å². The molecular weight excluding hydrogens is 403 g/mol. The average Bonchev–Trinajstić information content (AvgIpc) is 2.49. The van der Waals surface area contributed by atoms with E-state index in [9.17, 15) is 9.59 Å². The van der Waals surface area contributed by atoms with Crippen molar-refractivity contribution in [1.82, 2.24) is 5.32 Å². The SMILES string of the molecule is Cc1cc(C(=O)Nc2ccccc2C(=O)NC(C)C)ccc1I. The van der Waals surface area contributed by atoms with E-state index >= 15 is 0 Å². The molecule has 0 atom stereocenters. The molecule has 0 aliphatic carbocycles. The minimum atomic E-state index is -0.228. The third kappa shape index (κ3) is 4.54. The molecule has 23 heavy (non-hydrogen) atoms. The fourth-order valence-electron chi connectivity index (χ4n) is 2.11. The van der Waals surface area contributed by atoms with Crippen molar-refractivity contribution >= 4 is 40.1 Å². The summed E-state index contributed by atoms with van der Waals surface area (Å²) in [5.41, 5.74) is 2.58. The molecule has 2 N–H and O–H groups in total. The number of carbonyl (C=O) groups excluding carboxylic acids is 2. The van der Waals surface area contributed by atoms with E-state index in [1.165, 1.54) is 0 Å². The first-order valence-corrected chi connectivity index (χ1v) is 8.43. The van der Waals surface area contributed by atoms with Gasteiger partial charge in [0.05, 0.1) is 11.3 Å². The molecule has 0 aromatic heterocycles. The number of para-hydroxylation sites is 1. The lowest BCUT2D eigenvalue weighted by molar-refractivity contribution is 0.0944. The van der Waals surface area contributed by atoms with Gasteiger partial charge in [0.15, 0.2) is 0 Å². The Hall–Kier alpha value is -1.89. The van der Waals surface area contributed by atoms with Crippen LogP contribution in [0.2, 0.25) is 0 Å². The van der Waals surface area contributed by atoms with Crippen LogP contribution in [0.25, 0.3) is 0 Å². The summed E-state index contributed by atoms with van der Waals surface area (Å²) in [4.78, 5) is 24.7. The maximum atomic E-state index is 12.4. The van der Waals surface area contributed by atoms with Gasteiger partial charge in [-0.15, -0.1) is 0 Å². The van der Waals surface area contributed by atoms with Crippen molar-refractivity contribution in [3.63, 3.8) is 0 Å². The minimum absolute atomic E-state index is 0.0325. The van der Waals surface area contributed by atoms with Gasteiger partial charge in [-0.25, -0.2) is 0 Å². The fourth-order valence-corrected chi connectivity index (χ4v) is 2.45. The van der Waals surface area contributed by atoms with E-state index in [-0.39, 0.29) is 17.9 Å². The maximum absolute atomic E-state index is 12.4. The highest BCUT2D eigenvalue weighted by Gasteiger charge is 2.15. The van der Waals surface area contributed by atoms with E-state index in [2.05, 4.69) is 33.2 Å². The van der Waals surface area contributed by atoms with Crippen molar-refractivity contribution in [2.75, 3.05) is 5.32 Å². The Labute approximate surface area is 149 Å². The number of halogens is 1. The largest absolute Gasteiger partial charge is 0.350 e. The number of rotatable bonds is 4. The summed E-state index contributed by atoms with van der Waals surface area (Å²) in [6, 6.07) is 12.6. The molecule has 2 aromatic carbocycles. The van der Waals surface area contributed by atoms with Crippen LogP contribution in [0.5, 0.6) is 0 Å². The summed E-state index contributed by atoms with van der Waals surface area (Å²) in [5, 5.41) is 5.66. The molecule has 0 radical (unpaired) electrons. The summed E-state index contributed by atoms with van der Waals surface area (Å²) in [6.45, 7) is 5.75. The zero-order chi connectivity index (χ0) is 17.0. The van der Waals surface area contributed by atoms with Crippen molar-refractivity contribution in [3.05, 3.63) is 62.7 Å². The number of hydrogen-bond donors (Lipinski definition) is 2. The molecule has 0 heterocycles. The molecule has 0 spiro atoms. The van der Waals surface area contributed by atoms with Crippen LogP contribution in [0.4, 0.5) is 5.69 Å². The number of amides is 2. The van der Waals surface area contributed by atoms with Crippen LogP contribution < -0.4 is 10.6 Å². The summed E-state index contributed by atoms with van der Waals surface area (Å²) in [7, 11) is 0. The predicted octanol–water partition coefficient (Wildman–Crippen LogP) is 3.99. The molecule has 0 unspecified atom stereocenters. The highest BCUT2D eigenvalue weighted by molar-refractivity contribution is 14.1. The fraction of sp³-hybridized carbons (Fsp3) is 0.222. The molecule has 0 saturated carbocycles. The van der Waals surface area contributed by atoms with Gasteiger partial charge in [0.2, 0.25) is 0 Å². The Morgan fingerprint density at radius 2 is 1.74 bits per heavy atom. The smallest absolute Gasteiger partial charge is 0.255 e. The van der Waals surface area contributed by atoms with Crippen molar-refractivity contribution in [2.45, 2.75) is 26.8 Å². The second-order valence-electron chi connectivity index (χ2n) is 5.59. The zero-order valence-corrected chi connectivity index (χ0v) is 15.5. The van der Waals surface area contributed by atoms with Gasteiger partial charge in [0.25, 0.3) is 11.8 Å². The van der Waals surface area contributed by atoms with Gasteiger partial charge in [-0.2, -0.15) is 0 Å². The van der Waals surface area contributed by atoms with Crippen molar-refractivity contribution in [3.8, 4) is 0 Å². The second-order valence-corrected chi connectivity index (χ2v) is 6.75. The third-order valence-corrected chi connectivity index (χ3v) is 4.47. The Morgan fingerprint density at radius 3 is 2.39 bits per heavy atom. The van der Waals surface area contributed by atoms with Crippen LogP contribution >= 0.6 is 22.6 Å². The number of anilines is 1. The van der Waals surface area contributed by atoms with Gasteiger partial charge >= 0.3 is 0 Å². The second kappa shape index (κ2) is 7.59. The van der Waals surface area contributed by atoms with E-state index in [1.807, 2.05) is 32.9 Å². The lowest BCUT2D eigenvalue weighted by Gasteiger charge is -2.13. The maximum Gasteiger partial charge on any atom is 0.255 e. The zero-order valence-electron chi connectivity index (χ0n) is 13.3. The van der Waals surface area contributed by atoms with E-state index in [4.69, 9.17) is 0 Å². The standard InChI is InChI=1S/C18H19IN2O2/c1-11(2)20-18(23)14-6-4-5-7-16(14)21-17(22)13-8-9-15(19)12(3)10-13/h4-11H,1-3H3,(H,20,23)(H,21,22). The van der Waals surface area contributed by atoms with Crippen LogP contribution in [-0.4, -0.2) is 17.9 Å². The van der Waals surface area contributed by atoms with E-state index in [1.54, 1.807) is 30.3 Å². The monoisotopic (exact) mass is 422 g/mol. The Balaban J connectivity index is 2.24. The van der Waals surface area contributed by atoms with Gasteiger partial charge in [-0.05, 0) is 79.3 Å². The van der Waals surface area contributed by atoms with Crippen LogP contribution in [-0.2, 0) is 0 Å². The quantitative estimate of drug-likeness (QED) is 0.733. The van der Waals surface area contributed by atoms with Crippen molar-refractivity contribution < 1.29 is 9.59 Å². The first-order valence-electron chi connectivity index (χ1n) is 7.36. The van der Waals surface area contributed by atoms with Gasteiger partial charge in [-0.3, -0.25) is 9.59 Å². The highest BCUT2D eigenvalue weighted by Crippen LogP contribution is 2.18. The van der Waals surface area contributed by atoms with Gasteiger partial charge in [0, 0.05) is 15.2 Å². The summed E-state index contributed by atoms with van der Waals surface area (Å²) < 4.78 is 1.11. The van der Waals surface area contributed by atoms with E-state index in [0.29, 0.717) is 16.8 Å². The molecule has 0 aliphatic heterocycles. The molecule has 5 heteroatoms. The number of nitrogens with one attached hydrogen (secondary N) is 2. The van der Waals surface area contributed by atoms with Crippen LogP contribution in [0.15, 0.2) is 42.5 Å². The summed E-state index contributed by atoms with van der Waals surface area (Å²) in [6.07, 6.45) is 0. The molecule has 0 aliphatic rings. The number of aryl methyl sites for hydroxylation is 1. The Kier molecular flexibility index (Phi) is 5.76.